The highest BCUT2D eigenvalue weighted by Gasteiger charge is 2.27. The molecule has 0 amide bonds. The minimum absolute atomic E-state index is 0.348. The molecule has 2 heterocycles. The van der Waals surface area contributed by atoms with Gasteiger partial charge in [-0.2, -0.15) is 0 Å². The maximum absolute atomic E-state index is 3.51. The van der Waals surface area contributed by atoms with Crippen molar-refractivity contribution >= 4 is 10.9 Å². The Morgan fingerprint density at radius 2 is 1.58 bits per heavy atom. The van der Waals surface area contributed by atoms with Gasteiger partial charge in [-0.3, -0.25) is 4.90 Å². The van der Waals surface area contributed by atoms with Crippen LogP contribution in [0.2, 0.25) is 0 Å². The molecule has 1 N–H and O–H groups in total. The van der Waals surface area contributed by atoms with Crippen molar-refractivity contribution < 1.29 is 0 Å². The Labute approximate surface area is 144 Å². The summed E-state index contributed by atoms with van der Waals surface area (Å²) < 4.78 is 0. The van der Waals surface area contributed by atoms with Crippen molar-refractivity contribution in [3.63, 3.8) is 0 Å². The van der Waals surface area contributed by atoms with Crippen LogP contribution in [0.1, 0.15) is 47.6 Å². The highest BCUT2D eigenvalue weighted by molar-refractivity contribution is 5.87. The molecule has 1 fully saturated rings. The second-order valence-electron chi connectivity index (χ2n) is 7.10. The molecule has 2 aromatic carbocycles. The summed E-state index contributed by atoms with van der Waals surface area (Å²) in [6.07, 6.45) is 6.22. The Bertz CT molecular complexity index is 840. The summed E-state index contributed by atoms with van der Waals surface area (Å²) in [7, 11) is 0. The van der Waals surface area contributed by atoms with Crippen molar-refractivity contribution in [2.24, 2.45) is 0 Å². The Kier molecular flexibility index (Phi) is 4.15. The van der Waals surface area contributed by atoms with E-state index in [1.54, 1.807) is 0 Å². The number of H-pyrrole nitrogens is 1. The van der Waals surface area contributed by atoms with Crippen LogP contribution in [0.15, 0.2) is 48.7 Å². The van der Waals surface area contributed by atoms with Crippen LogP contribution in [-0.4, -0.2) is 23.0 Å². The summed E-state index contributed by atoms with van der Waals surface area (Å²) in [5.41, 5.74) is 6.87. The van der Waals surface area contributed by atoms with Gasteiger partial charge in [-0.15, -0.1) is 0 Å². The van der Waals surface area contributed by atoms with Gasteiger partial charge in [0.05, 0.1) is 6.04 Å². The molecular weight excluding hydrogens is 292 g/mol. The normalized spacial score (nSPS) is 17.2. The van der Waals surface area contributed by atoms with Crippen LogP contribution in [0.4, 0.5) is 0 Å². The van der Waals surface area contributed by atoms with Gasteiger partial charge in [-0.25, -0.2) is 0 Å². The Hall–Kier alpha value is -2.06. The minimum atomic E-state index is 0.348. The van der Waals surface area contributed by atoms with E-state index in [0.717, 1.165) is 0 Å². The quantitative estimate of drug-likeness (QED) is 0.689. The van der Waals surface area contributed by atoms with Crippen LogP contribution in [-0.2, 0) is 0 Å². The first kappa shape index (κ1) is 15.5. The zero-order valence-electron chi connectivity index (χ0n) is 14.7. The molecule has 0 spiro atoms. The summed E-state index contributed by atoms with van der Waals surface area (Å²) in [4.78, 5) is 6.19. The summed E-state index contributed by atoms with van der Waals surface area (Å²) >= 11 is 0. The third-order valence-corrected chi connectivity index (χ3v) is 5.48. The molecule has 0 saturated carbocycles. The summed E-state index contributed by atoms with van der Waals surface area (Å²) in [6, 6.07) is 15.8. The van der Waals surface area contributed by atoms with Crippen molar-refractivity contribution in [3.05, 3.63) is 70.9 Å². The lowest BCUT2D eigenvalue weighted by molar-refractivity contribution is 0.188. The fourth-order valence-electron chi connectivity index (χ4n) is 4.25. The third kappa shape index (κ3) is 2.65. The van der Waals surface area contributed by atoms with Gasteiger partial charge in [-0.1, -0.05) is 42.8 Å². The lowest BCUT2D eigenvalue weighted by atomic mass is 9.91. The van der Waals surface area contributed by atoms with Gasteiger partial charge < -0.3 is 4.98 Å². The number of benzene rings is 2. The van der Waals surface area contributed by atoms with Gasteiger partial charge >= 0.3 is 0 Å². The van der Waals surface area contributed by atoms with E-state index in [-0.39, 0.29) is 0 Å². The number of likely N-dealkylation sites (tertiary alicyclic amines) is 1. The highest BCUT2D eigenvalue weighted by atomic mass is 15.2. The SMILES string of the molecule is Cc1ccccc1C(c1c[nH]c2cccc(C)c12)N1CCCCC1. The maximum Gasteiger partial charge on any atom is 0.0625 e. The lowest BCUT2D eigenvalue weighted by Gasteiger charge is -2.35. The predicted molar refractivity (Wildman–Crippen MR) is 101 cm³/mol. The van der Waals surface area contributed by atoms with E-state index in [0.29, 0.717) is 6.04 Å². The van der Waals surface area contributed by atoms with Gasteiger partial charge in [0.2, 0.25) is 0 Å². The number of nitrogens with one attached hydrogen (secondary N) is 1. The lowest BCUT2D eigenvalue weighted by Crippen LogP contribution is -2.34. The molecule has 4 rings (SSSR count). The molecule has 3 aromatic rings. The van der Waals surface area contributed by atoms with Crippen LogP contribution >= 0.6 is 0 Å². The van der Waals surface area contributed by atoms with Gasteiger partial charge in [0.15, 0.2) is 0 Å². The van der Waals surface area contributed by atoms with E-state index >= 15 is 0 Å². The molecular formula is C22H26N2. The molecule has 0 aliphatic carbocycles. The average Bonchev–Trinajstić information content (AvgIpc) is 3.03. The van der Waals surface area contributed by atoms with Crippen molar-refractivity contribution in [2.45, 2.75) is 39.2 Å². The first-order valence-corrected chi connectivity index (χ1v) is 9.12. The number of hydrogen-bond acceptors (Lipinski definition) is 1. The molecule has 1 unspecified atom stereocenters. The molecule has 24 heavy (non-hydrogen) atoms. The number of nitrogens with zero attached hydrogens (tertiary/aromatic N) is 1. The zero-order chi connectivity index (χ0) is 16.5. The fourth-order valence-corrected chi connectivity index (χ4v) is 4.25. The van der Waals surface area contributed by atoms with Crippen molar-refractivity contribution in [2.75, 3.05) is 13.1 Å². The van der Waals surface area contributed by atoms with E-state index in [2.05, 4.69) is 72.4 Å². The molecule has 124 valence electrons. The third-order valence-electron chi connectivity index (χ3n) is 5.48. The van der Waals surface area contributed by atoms with Crippen LogP contribution in [0.5, 0.6) is 0 Å². The number of rotatable bonds is 3. The molecule has 1 aromatic heterocycles. The monoisotopic (exact) mass is 318 g/mol. The molecule has 1 saturated heterocycles. The van der Waals surface area contributed by atoms with Crippen LogP contribution in [0.3, 0.4) is 0 Å². The first-order valence-electron chi connectivity index (χ1n) is 9.12. The molecule has 1 atom stereocenters. The largest absolute Gasteiger partial charge is 0.361 e. The zero-order valence-corrected chi connectivity index (χ0v) is 14.7. The number of aromatic amines is 1. The van der Waals surface area contributed by atoms with Crippen LogP contribution < -0.4 is 0 Å². The topological polar surface area (TPSA) is 19.0 Å². The molecule has 0 radical (unpaired) electrons. The van der Waals surface area contributed by atoms with E-state index in [9.17, 15) is 0 Å². The number of aromatic nitrogens is 1. The van der Waals surface area contributed by atoms with Gasteiger partial charge in [0.1, 0.15) is 0 Å². The molecule has 0 bridgehead atoms. The standard InChI is InChI=1S/C22H26N2/c1-16-9-4-5-11-18(16)22(24-13-6-3-7-14-24)19-15-23-20-12-8-10-17(2)21(19)20/h4-5,8-12,15,22-23H,3,6-7,13-14H2,1-2H3. The Morgan fingerprint density at radius 1 is 0.833 bits per heavy atom. The van der Waals surface area contributed by atoms with Gasteiger partial charge in [-0.05, 0) is 68.1 Å². The smallest absolute Gasteiger partial charge is 0.0625 e. The van der Waals surface area contributed by atoms with Crippen molar-refractivity contribution in [1.29, 1.82) is 0 Å². The summed E-state index contributed by atoms with van der Waals surface area (Å²) in [6.45, 7) is 6.86. The second kappa shape index (κ2) is 6.45. The first-order chi connectivity index (χ1) is 11.8. The van der Waals surface area contributed by atoms with Gasteiger partial charge in [0.25, 0.3) is 0 Å². The second-order valence-corrected chi connectivity index (χ2v) is 7.10. The maximum atomic E-state index is 3.51. The van der Waals surface area contributed by atoms with Gasteiger partial charge in [0, 0.05) is 17.1 Å². The number of piperidine rings is 1. The van der Waals surface area contributed by atoms with Crippen molar-refractivity contribution in [3.8, 4) is 0 Å². The average molecular weight is 318 g/mol. The predicted octanol–water partition coefficient (Wildman–Crippen LogP) is 5.36. The van der Waals surface area contributed by atoms with E-state index in [1.807, 2.05) is 0 Å². The number of hydrogen-bond donors (Lipinski definition) is 1. The summed E-state index contributed by atoms with van der Waals surface area (Å²) in [5, 5.41) is 1.40. The number of fused-ring (bicyclic) bond motifs is 1. The van der Waals surface area contributed by atoms with Crippen LogP contribution in [0.25, 0.3) is 10.9 Å². The Balaban J connectivity index is 1.90. The number of aryl methyl sites for hydroxylation is 2. The Morgan fingerprint density at radius 3 is 2.38 bits per heavy atom. The molecule has 1 aliphatic rings. The summed E-state index contributed by atoms with van der Waals surface area (Å²) in [5.74, 6) is 0. The molecule has 2 heteroatoms. The van der Waals surface area contributed by atoms with E-state index in [1.165, 1.54) is 65.5 Å². The minimum Gasteiger partial charge on any atom is -0.361 e. The fraction of sp³-hybridized carbons (Fsp3) is 0.364. The van der Waals surface area contributed by atoms with Crippen molar-refractivity contribution in [1.82, 2.24) is 9.88 Å². The molecule has 1 aliphatic heterocycles. The van der Waals surface area contributed by atoms with E-state index in [4.69, 9.17) is 0 Å². The van der Waals surface area contributed by atoms with Crippen LogP contribution in [0, 0.1) is 13.8 Å². The van der Waals surface area contributed by atoms with E-state index < -0.39 is 0 Å². The molecule has 2 nitrogen and oxygen atoms in total. The highest BCUT2D eigenvalue weighted by Crippen LogP contribution is 2.37.